The summed E-state index contributed by atoms with van der Waals surface area (Å²) in [6, 6.07) is 7.06. The molecule has 2 aliphatic rings. The molecule has 7 nitrogen and oxygen atoms in total. The van der Waals surface area contributed by atoms with Gasteiger partial charge >= 0.3 is 12.4 Å². The molecule has 0 saturated carbocycles. The average molecular weight is 651 g/mol. The van der Waals surface area contributed by atoms with Crippen molar-refractivity contribution in [1.29, 1.82) is 0 Å². The zero-order valence-electron chi connectivity index (χ0n) is 24.6. The van der Waals surface area contributed by atoms with Crippen molar-refractivity contribution in [2.24, 2.45) is 0 Å². The lowest BCUT2D eigenvalue weighted by molar-refractivity contribution is -0.0890. The molecule has 0 aliphatic carbocycles. The van der Waals surface area contributed by atoms with Gasteiger partial charge in [-0.2, -0.15) is 26.3 Å². The highest BCUT2D eigenvalue weighted by Crippen LogP contribution is 2.30. The second kappa shape index (κ2) is 15.6. The van der Waals surface area contributed by atoms with Crippen LogP contribution in [0.1, 0.15) is 20.7 Å². The Hall–Kier alpha value is -3.56. The quantitative estimate of drug-likeness (QED) is 0.210. The predicted molar refractivity (Wildman–Crippen MR) is 153 cm³/mol. The van der Waals surface area contributed by atoms with Crippen LogP contribution < -0.4 is 9.80 Å². The number of halogens is 8. The Morgan fingerprint density at radius 2 is 1.13 bits per heavy atom. The van der Waals surface area contributed by atoms with Gasteiger partial charge in [-0.05, 0) is 24.3 Å². The summed E-state index contributed by atoms with van der Waals surface area (Å²) >= 11 is 0. The van der Waals surface area contributed by atoms with Gasteiger partial charge in [0.15, 0.2) is 11.6 Å². The number of anilines is 2. The van der Waals surface area contributed by atoms with Crippen LogP contribution in [0.2, 0.25) is 0 Å². The van der Waals surface area contributed by atoms with Gasteiger partial charge in [-0.1, -0.05) is 18.2 Å². The second-order valence-corrected chi connectivity index (χ2v) is 10.3. The average Bonchev–Trinajstić information content (AvgIpc) is 3.00. The van der Waals surface area contributed by atoms with Crippen LogP contribution in [0.5, 0.6) is 0 Å². The van der Waals surface area contributed by atoms with E-state index in [1.54, 1.807) is 23.0 Å². The number of piperazine rings is 2. The fourth-order valence-electron chi connectivity index (χ4n) is 4.97. The van der Waals surface area contributed by atoms with Crippen molar-refractivity contribution in [3.8, 4) is 0 Å². The van der Waals surface area contributed by atoms with Gasteiger partial charge in [0.05, 0.1) is 29.1 Å². The fraction of sp³-hybridized carbons (Fsp3) is 0.467. The molecule has 0 N–H and O–H groups in total. The highest BCUT2D eigenvalue weighted by Gasteiger charge is 2.42. The number of carbonyl (C=O) groups is 2. The lowest BCUT2D eigenvalue weighted by Gasteiger charge is -2.36. The fourth-order valence-corrected chi connectivity index (χ4v) is 4.97. The van der Waals surface area contributed by atoms with E-state index in [1.807, 2.05) is 0 Å². The summed E-state index contributed by atoms with van der Waals surface area (Å²) in [6.07, 6.45) is -8.40. The smallest absolute Gasteiger partial charge is 0.383 e. The highest BCUT2D eigenvalue weighted by molar-refractivity contribution is 6.01. The number of rotatable bonds is 9. The van der Waals surface area contributed by atoms with Crippen molar-refractivity contribution in [3.63, 3.8) is 0 Å². The highest BCUT2D eigenvalue weighted by atomic mass is 19.4. The SMILES string of the molecule is C=CCN1CCN(c2cccc(C(=O)C(F)(F)F)c2F)CC1.COCCN1CCN(c2cccc(C(=O)C(F)(F)F)c2F)CC1. The summed E-state index contributed by atoms with van der Waals surface area (Å²) in [5.41, 5.74) is -1.80. The topological polar surface area (TPSA) is 56.3 Å². The van der Waals surface area contributed by atoms with Gasteiger partial charge < -0.3 is 14.5 Å². The molecule has 2 aliphatic heterocycles. The Kier molecular flexibility index (Phi) is 12.5. The standard InChI is InChI=1S/C15H18F4N2O2.C15H16F4N2O/c1-23-10-9-20-5-7-21(8-6-20)12-4-2-3-11(13(12)16)14(22)15(17,18)19;1-2-6-20-7-9-21(10-8-20)12-5-3-4-11(13(12)16)14(22)15(17,18)19/h2-4H,5-10H2,1H3;2-5H,1,6-10H2. The molecule has 248 valence electrons. The number of hydrogen-bond acceptors (Lipinski definition) is 7. The van der Waals surface area contributed by atoms with Gasteiger partial charge in [-0.3, -0.25) is 19.4 Å². The molecule has 4 rings (SSSR count). The summed E-state index contributed by atoms with van der Waals surface area (Å²) in [7, 11) is 1.61. The number of benzene rings is 2. The molecule has 45 heavy (non-hydrogen) atoms. The third-order valence-corrected chi connectivity index (χ3v) is 7.39. The summed E-state index contributed by atoms with van der Waals surface area (Å²) in [4.78, 5) is 30.1. The second-order valence-electron chi connectivity index (χ2n) is 10.3. The number of carbonyl (C=O) groups excluding carboxylic acids is 2. The van der Waals surface area contributed by atoms with E-state index in [9.17, 15) is 44.7 Å². The van der Waals surface area contributed by atoms with E-state index in [1.165, 1.54) is 24.3 Å². The summed E-state index contributed by atoms with van der Waals surface area (Å²) < 4.78 is 109. The van der Waals surface area contributed by atoms with Crippen molar-refractivity contribution in [2.45, 2.75) is 12.4 Å². The van der Waals surface area contributed by atoms with E-state index < -0.39 is 46.7 Å². The number of nitrogens with zero attached hydrogens (tertiary/aromatic N) is 4. The summed E-state index contributed by atoms with van der Waals surface area (Å²) in [5, 5.41) is 0. The van der Waals surface area contributed by atoms with E-state index in [0.29, 0.717) is 65.5 Å². The van der Waals surface area contributed by atoms with Crippen molar-refractivity contribution >= 4 is 22.9 Å². The van der Waals surface area contributed by atoms with Crippen LogP contribution in [0.3, 0.4) is 0 Å². The molecule has 0 unspecified atom stereocenters. The normalized spacial score (nSPS) is 16.6. The van der Waals surface area contributed by atoms with Crippen LogP contribution in [-0.2, 0) is 4.74 Å². The molecular weight excluding hydrogens is 616 g/mol. The van der Waals surface area contributed by atoms with E-state index in [-0.39, 0.29) is 11.4 Å². The van der Waals surface area contributed by atoms with Gasteiger partial charge in [-0.15, -0.1) is 6.58 Å². The Labute approximate surface area is 255 Å². The number of hydrogen-bond donors (Lipinski definition) is 0. The summed E-state index contributed by atoms with van der Waals surface area (Å²) in [5.74, 6) is -6.53. The van der Waals surface area contributed by atoms with Crippen molar-refractivity contribution < 1.29 is 49.4 Å². The number of ketones is 2. The van der Waals surface area contributed by atoms with Gasteiger partial charge in [0, 0.05) is 72.6 Å². The number of alkyl halides is 6. The molecule has 2 heterocycles. The summed E-state index contributed by atoms with van der Waals surface area (Å²) in [6.45, 7) is 10.2. The van der Waals surface area contributed by atoms with Crippen molar-refractivity contribution in [3.05, 3.63) is 71.8 Å². The Balaban J connectivity index is 0.000000246. The maximum atomic E-state index is 14.3. The van der Waals surface area contributed by atoms with Crippen LogP contribution in [0.25, 0.3) is 0 Å². The first-order chi connectivity index (χ1) is 21.2. The molecular formula is C30H34F8N4O3. The monoisotopic (exact) mass is 650 g/mol. The molecule has 2 aromatic rings. The van der Waals surface area contributed by atoms with Crippen molar-refractivity contribution in [1.82, 2.24) is 9.80 Å². The molecule has 2 fully saturated rings. The first kappa shape index (κ1) is 35.9. The van der Waals surface area contributed by atoms with Gasteiger partial charge in [0.25, 0.3) is 11.6 Å². The van der Waals surface area contributed by atoms with Crippen molar-refractivity contribution in [2.75, 3.05) is 89.0 Å². The maximum absolute atomic E-state index is 14.3. The lowest BCUT2D eigenvalue weighted by Crippen LogP contribution is -2.47. The Bertz CT molecular complexity index is 1320. The molecule has 0 aromatic heterocycles. The van der Waals surface area contributed by atoms with Crippen LogP contribution in [0.15, 0.2) is 49.1 Å². The molecule has 2 saturated heterocycles. The molecule has 15 heteroatoms. The maximum Gasteiger partial charge on any atom is 0.454 e. The molecule has 0 amide bonds. The predicted octanol–water partition coefficient (Wildman–Crippen LogP) is 5.22. The minimum atomic E-state index is -5.09. The number of ether oxygens (including phenoxy) is 1. The van der Waals surface area contributed by atoms with E-state index in [2.05, 4.69) is 16.4 Å². The number of methoxy groups -OCH3 is 1. The van der Waals surface area contributed by atoms with E-state index in [4.69, 9.17) is 4.74 Å². The number of Topliss-reactive ketones (excluding diaryl/α,β-unsaturated/α-hetero) is 2. The zero-order chi connectivity index (χ0) is 33.4. The minimum absolute atomic E-state index is 0.0338. The van der Waals surface area contributed by atoms with E-state index >= 15 is 0 Å². The van der Waals surface area contributed by atoms with E-state index in [0.717, 1.165) is 18.7 Å². The minimum Gasteiger partial charge on any atom is -0.383 e. The molecule has 2 aromatic carbocycles. The van der Waals surface area contributed by atoms with Gasteiger partial charge in [0.1, 0.15) is 0 Å². The molecule has 0 spiro atoms. The Morgan fingerprint density at radius 3 is 1.49 bits per heavy atom. The molecule has 0 bridgehead atoms. The first-order valence-electron chi connectivity index (χ1n) is 14.0. The third-order valence-electron chi connectivity index (χ3n) is 7.39. The van der Waals surface area contributed by atoms with Crippen LogP contribution in [0.4, 0.5) is 46.5 Å². The zero-order valence-corrected chi connectivity index (χ0v) is 24.6. The third kappa shape index (κ3) is 9.47. The lowest BCUT2D eigenvalue weighted by atomic mass is 10.1. The first-order valence-corrected chi connectivity index (χ1v) is 14.0. The Morgan fingerprint density at radius 1 is 0.733 bits per heavy atom. The van der Waals surface area contributed by atoms with Crippen LogP contribution in [0, 0.1) is 11.6 Å². The van der Waals surface area contributed by atoms with Gasteiger partial charge in [0.2, 0.25) is 0 Å². The van der Waals surface area contributed by atoms with Gasteiger partial charge in [-0.25, -0.2) is 8.78 Å². The van der Waals surface area contributed by atoms with Crippen LogP contribution >= 0.6 is 0 Å². The molecule has 0 radical (unpaired) electrons. The largest absolute Gasteiger partial charge is 0.454 e. The molecule has 0 atom stereocenters. The van der Waals surface area contributed by atoms with Crippen LogP contribution in [-0.4, -0.2) is 113 Å².